The van der Waals surface area contributed by atoms with Gasteiger partial charge in [-0.15, -0.1) is 0 Å². The molecule has 25 heavy (non-hydrogen) atoms. The SMILES string of the molecule is Cc1c(CNc2ccc(N3CCC(CO)CC3)cn2)cc(C#N)n1C. The smallest absolute Gasteiger partial charge is 0.126 e. The van der Waals surface area contributed by atoms with E-state index in [1.807, 2.05) is 36.9 Å². The predicted octanol–water partition coefficient (Wildman–Crippen LogP) is 2.42. The number of nitrogens with zero attached hydrogens (tertiary/aromatic N) is 4. The van der Waals surface area contributed by atoms with E-state index < -0.39 is 0 Å². The van der Waals surface area contributed by atoms with Crippen LogP contribution in [-0.4, -0.2) is 34.4 Å². The van der Waals surface area contributed by atoms with Crippen LogP contribution in [0.3, 0.4) is 0 Å². The van der Waals surface area contributed by atoms with Gasteiger partial charge in [0.2, 0.25) is 0 Å². The van der Waals surface area contributed by atoms with Crippen LogP contribution in [0.25, 0.3) is 0 Å². The van der Waals surface area contributed by atoms with Crippen LogP contribution in [0.15, 0.2) is 24.4 Å². The van der Waals surface area contributed by atoms with Crippen molar-refractivity contribution in [2.24, 2.45) is 13.0 Å². The molecule has 0 unspecified atom stereocenters. The van der Waals surface area contributed by atoms with Crippen molar-refractivity contribution in [3.8, 4) is 6.07 Å². The van der Waals surface area contributed by atoms with Crippen molar-refractivity contribution in [2.75, 3.05) is 29.9 Å². The van der Waals surface area contributed by atoms with Crippen LogP contribution < -0.4 is 10.2 Å². The van der Waals surface area contributed by atoms with Crippen LogP contribution in [0.4, 0.5) is 11.5 Å². The molecule has 6 nitrogen and oxygen atoms in total. The maximum atomic E-state index is 9.23. The minimum absolute atomic E-state index is 0.293. The summed E-state index contributed by atoms with van der Waals surface area (Å²) in [5.74, 6) is 1.27. The summed E-state index contributed by atoms with van der Waals surface area (Å²) < 4.78 is 1.91. The van der Waals surface area contributed by atoms with Gasteiger partial charge in [0.05, 0.1) is 11.9 Å². The fourth-order valence-corrected chi connectivity index (χ4v) is 3.29. The second-order valence-electron chi connectivity index (χ2n) is 6.68. The molecule has 2 aromatic rings. The molecule has 0 atom stereocenters. The molecule has 2 aromatic heterocycles. The number of nitriles is 1. The summed E-state index contributed by atoms with van der Waals surface area (Å²) in [6, 6.07) is 8.21. The molecule has 3 rings (SSSR count). The molecule has 0 bridgehead atoms. The van der Waals surface area contributed by atoms with E-state index in [2.05, 4.69) is 27.3 Å². The fraction of sp³-hybridized carbons (Fsp3) is 0.474. The number of anilines is 2. The molecule has 0 aromatic carbocycles. The Balaban J connectivity index is 1.59. The molecule has 1 saturated heterocycles. The van der Waals surface area contributed by atoms with Gasteiger partial charge in [-0.05, 0) is 49.4 Å². The zero-order valence-electron chi connectivity index (χ0n) is 14.9. The van der Waals surface area contributed by atoms with Crippen molar-refractivity contribution < 1.29 is 5.11 Å². The highest BCUT2D eigenvalue weighted by molar-refractivity contribution is 5.50. The van der Waals surface area contributed by atoms with E-state index >= 15 is 0 Å². The summed E-state index contributed by atoms with van der Waals surface area (Å²) in [5.41, 5.74) is 4.00. The number of nitrogens with one attached hydrogen (secondary N) is 1. The number of aliphatic hydroxyl groups is 1. The lowest BCUT2D eigenvalue weighted by atomic mass is 9.98. The van der Waals surface area contributed by atoms with Crippen LogP contribution in [0.5, 0.6) is 0 Å². The topological polar surface area (TPSA) is 77.1 Å². The normalized spacial score (nSPS) is 15.2. The molecular formula is C19H25N5O. The van der Waals surface area contributed by atoms with Crippen molar-refractivity contribution in [2.45, 2.75) is 26.3 Å². The third-order valence-corrected chi connectivity index (χ3v) is 5.20. The highest BCUT2D eigenvalue weighted by Gasteiger charge is 2.18. The summed E-state index contributed by atoms with van der Waals surface area (Å²) in [6.45, 7) is 4.90. The Kier molecular flexibility index (Phi) is 5.25. The molecular weight excluding hydrogens is 314 g/mol. The number of pyridine rings is 1. The summed E-state index contributed by atoms with van der Waals surface area (Å²) in [5, 5.41) is 21.7. The lowest BCUT2D eigenvalue weighted by Gasteiger charge is -2.32. The molecule has 2 N–H and O–H groups in total. The standard InChI is InChI=1S/C19H25N5O/c1-14-16(9-18(10-20)23(14)2)11-21-19-4-3-17(12-22-19)24-7-5-15(13-25)6-8-24/h3-4,9,12,15,25H,5-8,11,13H2,1-2H3,(H,21,22). The van der Waals surface area contributed by atoms with Gasteiger partial charge in [-0.25, -0.2) is 4.98 Å². The molecule has 6 heteroatoms. The second-order valence-corrected chi connectivity index (χ2v) is 6.68. The number of hydrogen-bond acceptors (Lipinski definition) is 5. The number of piperidine rings is 1. The van der Waals surface area contributed by atoms with Gasteiger partial charge >= 0.3 is 0 Å². The van der Waals surface area contributed by atoms with Gasteiger partial charge in [-0.2, -0.15) is 5.26 Å². The first kappa shape index (κ1) is 17.3. The Hall–Kier alpha value is -2.52. The average Bonchev–Trinajstić information content (AvgIpc) is 2.94. The summed E-state index contributed by atoms with van der Waals surface area (Å²) >= 11 is 0. The Morgan fingerprint density at radius 1 is 1.36 bits per heavy atom. The van der Waals surface area contributed by atoms with Crippen molar-refractivity contribution in [3.05, 3.63) is 41.3 Å². The summed E-state index contributed by atoms with van der Waals surface area (Å²) in [7, 11) is 1.91. The maximum absolute atomic E-state index is 9.23. The highest BCUT2D eigenvalue weighted by atomic mass is 16.3. The van der Waals surface area contributed by atoms with Crippen LogP contribution in [0.1, 0.15) is 29.8 Å². The lowest BCUT2D eigenvalue weighted by Crippen LogP contribution is -2.34. The Labute approximate surface area is 148 Å². The average molecular weight is 339 g/mol. The van der Waals surface area contributed by atoms with Gasteiger partial charge in [-0.3, -0.25) is 0 Å². The number of aromatic nitrogens is 2. The van der Waals surface area contributed by atoms with Crippen molar-refractivity contribution in [1.29, 1.82) is 5.26 Å². The molecule has 1 aliphatic heterocycles. The first-order chi connectivity index (χ1) is 12.1. The van der Waals surface area contributed by atoms with Crippen LogP contribution in [-0.2, 0) is 13.6 Å². The zero-order valence-corrected chi connectivity index (χ0v) is 14.9. The molecule has 0 amide bonds. The second kappa shape index (κ2) is 7.58. The predicted molar refractivity (Wildman–Crippen MR) is 98.5 cm³/mol. The largest absolute Gasteiger partial charge is 0.396 e. The third-order valence-electron chi connectivity index (χ3n) is 5.20. The van der Waals surface area contributed by atoms with E-state index in [4.69, 9.17) is 5.26 Å². The fourth-order valence-electron chi connectivity index (χ4n) is 3.29. The molecule has 0 spiro atoms. The van der Waals surface area contributed by atoms with E-state index in [1.54, 1.807) is 0 Å². The number of hydrogen-bond donors (Lipinski definition) is 2. The molecule has 0 radical (unpaired) electrons. The Morgan fingerprint density at radius 2 is 2.12 bits per heavy atom. The van der Waals surface area contributed by atoms with E-state index in [0.29, 0.717) is 24.8 Å². The number of aliphatic hydroxyl groups excluding tert-OH is 1. The molecule has 0 aliphatic carbocycles. The number of rotatable bonds is 5. The van der Waals surface area contributed by atoms with Crippen LogP contribution in [0.2, 0.25) is 0 Å². The van der Waals surface area contributed by atoms with Crippen molar-refractivity contribution in [3.63, 3.8) is 0 Å². The van der Waals surface area contributed by atoms with Gasteiger partial charge in [0.15, 0.2) is 0 Å². The molecule has 3 heterocycles. The van der Waals surface area contributed by atoms with Gasteiger partial charge in [0.25, 0.3) is 0 Å². The van der Waals surface area contributed by atoms with Gasteiger partial charge in [0, 0.05) is 39.0 Å². The van der Waals surface area contributed by atoms with Crippen LogP contribution in [0, 0.1) is 24.2 Å². The van der Waals surface area contributed by atoms with E-state index in [1.165, 1.54) is 0 Å². The van der Waals surface area contributed by atoms with E-state index in [-0.39, 0.29) is 0 Å². The van der Waals surface area contributed by atoms with Gasteiger partial charge in [-0.1, -0.05) is 0 Å². The minimum atomic E-state index is 0.293. The highest BCUT2D eigenvalue weighted by Crippen LogP contribution is 2.23. The third kappa shape index (κ3) is 3.77. The first-order valence-electron chi connectivity index (χ1n) is 8.73. The van der Waals surface area contributed by atoms with E-state index in [9.17, 15) is 5.11 Å². The first-order valence-corrected chi connectivity index (χ1v) is 8.73. The minimum Gasteiger partial charge on any atom is -0.396 e. The molecule has 1 fully saturated rings. The lowest BCUT2D eigenvalue weighted by molar-refractivity contribution is 0.203. The monoisotopic (exact) mass is 339 g/mol. The van der Waals surface area contributed by atoms with Crippen LogP contribution >= 0.6 is 0 Å². The van der Waals surface area contributed by atoms with Gasteiger partial charge in [0.1, 0.15) is 17.6 Å². The maximum Gasteiger partial charge on any atom is 0.126 e. The Morgan fingerprint density at radius 3 is 2.68 bits per heavy atom. The zero-order chi connectivity index (χ0) is 17.8. The summed E-state index contributed by atoms with van der Waals surface area (Å²) in [6.07, 6.45) is 3.97. The Bertz CT molecular complexity index is 751. The molecule has 132 valence electrons. The van der Waals surface area contributed by atoms with Crippen molar-refractivity contribution >= 4 is 11.5 Å². The van der Waals surface area contributed by atoms with Crippen molar-refractivity contribution in [1.82, 2.24) is 9.55 Å². The molecule has 0 saturated carbocycles. The quantitative estimate of drug-likeness (QED) is 0.875. The summed E-state index contributed by atoms with van der Waals surface area (Å²) in [4.78, 5) is 6.84. The van der Waals surface area contributed by atoms with E-state index in [0.717, 1.165) is 48.7 Å². The molecule has 1 aliphatic rings. The van der Waals surface area contributed by atoms with Gasteiger partial charge < -0.3 is 19.9 Å².